The minimum atomic E-state index is 0.207. The van der Waals surface area contributed by atoms with E-state index in [2.05, 4.69) is 92.3 Å². The second-order valence-electron chi connectivity index (χ2n) is 15.1. The zero-order chi connectivity index (χ0) is 44.7. The van der Waals surface area contributed by atoms with Crippen molar-refractivity contribution in [2.45, 2.75) is 67.6 Å². The average molecular weight is 938 g/mol. The summed E-state index contributed by atoms with van der Waals surface area (Å²) in [5.41, 5.74) is 11.1. The number of rotatable bonds is 14. The van der Waals surface area contributed by atoms with Crippen molar-refractivity contribution >= 4 is 98.1 Å². The number of halogens is 1. The molecule has 19 nitrogen and oxygen atoms in total. The number of unbranched alkanes of at least 4 members (excludes halogenated alkanes) is 1. The largest absolute Gasteiger partial charge is 0.399 e. The summed E-state index contributed by atoms with van der Waals surface area (Å²) >= 11 is 8.24. The van der Waals surface area contributed by atoms with Crippen LogP contribution in [-0.4, -0.2) is 131 Å². The maximum absolute atomic E-state index is 8.07. The quantitative estimate of drug-likeness (QED) is 0.0323. The van der Waals surface area contributed by atoms with Crippen molar-refractivity contribution in [1.82, 2.24) is 40.3 Å². The molecule has 0 unspecified atom stereocenters. The van der Waals surface area contributed by atoms with E-state index in [1.165, 1.54) is 35.5 Å². The summed E-state index contributed by atoms with van der Waals surface area (Å²) in [6, 6.07) is 17.2. The summed E-state index contributed by atoms with van der Waals surface area (Å²) in [6.45, 7) is 9.39. The number of morpholine rings is 2. The summed E-state index contributed by atoms with van der Waals surface area (Å²) in [4.78, 5) is 22.3. The third-order valence-corrected chi connectivity index (χ3v) is 11.6. The Kier molecular flexibility index (Phi) is 17.6. The molecule has 2 aliphatic heterocycles. The predicted octanol–water partition coefficient (Wildman–Crippen LogP) is 7.28. The Balaban J connectivity index is 0.000000148. The number of hydrogen-bond donors (Lipinski definition) is 7. The van der Waals surface area contributed by atoms with E-state index in [0.29, 0.717) is 41.0 Å². The minimum Gasteiger partial charge on any atom is -0.399 e. The first-order valence-electron chi connectivity index (χ1n) is 21.5. The van der Waals surface area contributed by atoms with E-state index < -0.39 is 0 Å². The second kappa shape index (κ2) is 23.9. The number of ether oxygens (including phenoxy) is 2. The number of fused-ring (bicyclic) bond motifs is 2. The van der Waals surface area contributed by atoms with Gasteiger partial charge in [0.05, 0.1) is 75.5 Å². The molecule has 2 aromatic carbocycles. The molecule has 10 rings (SSSR count). The first-order valence-corrected chi connectivity index (χ1v) is 23.3. The summed E-state index contributed by atoms with van der Waals surface area (Å²) in [5.74, 6) is 2.02. The molecule has 0 bridgehead atoms. The van der Waals surface area contributed by atoms with E-state index in [4.69, 9.17) is 45.3 Å². The average Bonchev–Trinajstić information content (AvgIpc) is 4.24. The van der Waals surface area contributed by atoms with Crippen LogP contribution in [0.4, 0.5) is 40.3 Å². The van der Waals surface area contributed by atoms with Gasteiger partial charge in [-0.15, -0.1) is 0 Å². The Morgan fingerprint density at radius 1 is 0.734 bits per heavy atom. The zero-order valence-electron chi connectivity index (χ0n) is 36.3. The van der Waals surface area contributed by atoms with Crippen LogP contribution in [0.25, 0.3) is 22.1 Å². The number of nitrogens with one attached hydrogen (secondary N) is 5. The minimum absolute atomic E-state index is 0.207. The van der Waals surface area contributed by atoms with E-state index in [-0.39, 0.29) is 5.28 Å². The van der Waals surface area contributed by atoms with Crippen LogP contribution in [0.3, 0.4) is 0 Å². The second-order valence-corrected chi connectivity index (χ2v) is 17.2. The van der Waals surface area contributed by atoms with E-state index in [9.17, 15) is 0 Å². The molecule has 6 aromatic rings. The normalized spacial score (nSPS) is 16.0. The fraction of sp³-hybridized carbons (Fsp3) is 0.476. The molecule has 2 aliphatic carbocycles. The van der Waals surface area contributed by atoms with Gasteiger partial charge in [0.2, 0.25) is 11.2 Å². The van der Waals surface area contributed by atoms with Crippen molar-refractivity contribution in [1.29, 1.82) is 0 Å². The SMILES string of the molecule is CCCCO.COSc1n[nH]c2nc(Cl)nc(NC3CC3)c12.COSc1n[nH]c2nc(Nc3ccc(N4CCOCC4)cc3)nc(NC3CC3)c12.Nc1ccc(N2CCOCC2)cc1. The molecule has 4 aliphatic rings. The maximum Gasteiger partial charge on any atom is 0.231 e. The van der Waals surface area contributed by atoms with Crippen LogP contribution in [-0.2, 0) is 17.8 Å². The van der Waals surface area contributed by atoms with Gasteiger partial charge < -0.3 is 54.4 Å². The number of nitrogens with zero attached hydrogens (tertiary/aromatic N) is 8. The first-order chi connectivity index (χ1) is 31.3. The molecule has 4 fully saturated rings. The number of anilines is 7. The summed E-state index contributed by atoms with van der Waals surface area (Å²) in [7, 11) is 3.21. The monoisotopic (exact) mass is 936 g/mol. The van der Waals surface area contributed by atoms with Gasteiger partial charge in [-0.2, -0.15) is 30.1 Å². The molecule has 4 aromatic heterocycles. The Morgan fingerprint density at radius 3 is 1.67 bits per heavy atom. The van der Waals surface area contributed by atoms with Crippen molar-refractivity contribution in [3.63, 3.8) is 0 Å². The van der Waals surface area contributed by atoms with Crippen molar-refractivity contribution < 1.29 is 22.9 Å². The van der Waals surface area contributed by atoms with Gasteiger partial charge in [-0.3, -0.25) is 10.2 Å². The van der Waals surface area contributed by atoms with Gasteiger partial charge in [-0.05, 0) is 92.2 Å². The summed E-state index contributed by atoms with van der Waals surface area (Å²) in [5, 5.41) is 35.8. The van der Waals surface area contributed by atoms with Gasteiger partial charge in [0.25, 0.3) is 0 Å². The number of aromatic nitrogens is 8. The fourth-order valence-electron chi connectivity index (χ4n) is 6.54. The van der Waals surface area contributed by atoms with Crippen LogP contribution in [0.2, 0.25) is 5.28 Å². The molecule has 2 saturated heterocycles. The van der Waals surface area contributed by atoms with Gasteiger partial charge in [-0.1, -0.05) is 13.3 Å². The lowest BCUT2D eigenvalue weighted by Crippen LogP contribution is -2.36. The summed E-state index contributed by atoms with van der Waals surface area (Å²) < 4.78 is 20.9. The number of nitrogen functional groups attached to an aromatic ring is 1. The molecule has 8 N–H and O–H groups in total. The zero-order valence-corrected chi connectivity index (χ0v) is 38.7. The van der Waals surface area contributed by atoms with Crippen molar-refractivity contribution in [2.75, 3.05) is 105 Å². The van der Waals surface area contributed by atoms with Crippen molar-refractivity contribution in [3.05, 3.63) is 53.8 Å². The smallest absolute Gasteiger partial charge is 0.231 e. The fourth-order valence-corrected chi connectivity index (χ4v) is 7.74. The maximum atomic E-state index is 8.07. The Labute approximate surface area is 386 Å². The van der Waals surface area contributed by atoms with Crippen LogP contribution in [0.5, 0.6) is 0 Å². The molecular formula is C42H57ClN14O5S2. The summed E-state index contributed by atoms with van der Waals surface area (Å²) in [6.07, 6.45) is 6.67. The lowest BCUT2D eigenvalue weighted by atomic mass is 10.2. The molecule has 344 valence electrons. The highest BCUT2D eigenvalue weighted by molar-refractivity contribution is 7.95. The van der Waals surface area contributed by atoms with Crippen LogP contribution in [0, 0.1) is 0 Å². The molecule has 0 amide bonds. The van der Waals surface area contributed by atoms with Crippen LogP contribution >= 0.6 is 35.7 Å². The number of hydrogen-bond acceptors (Lipinski definition) is 19. The van der Waals surface area contributed by atoms with Crippen LogP contribution in [0.1, 0.15) is 45.4 Å². The Bertz CT molecular complexity index is 2340. The Morgan fingerprint density at radius 2 is 1.22 bits per heavy atom. The third kappa shape index (κ3) is 13.6. The molecule has 0 radical (unpaired) electrons. The van der Waals surface area contributed by atoms with Gasteiger partial charge in [0.15, 0.2) is 21.3 Å². The number of nitrogens with two attached hydrogens (primary N) is 1. The predicted molar refractivity (Wildman–Crippen MR) is 256 cm³/mol. The van der Waals surface area contributed by atoms with Gasteiger partial charge in [-0.25, -0.2) is 0 Å². The van der Waals surface area contributed by atoms with E-state index in [0.717, 1.165) is 130 Å². The van der Waals surface area contributed by atoms with Gasteiger partial charge in [0, 0.05) is 67.6 Å². The molecule has 6 heterocycles. The lowest BCUT2D eigenvalue weighted by Gasteiger charge is -2.28. The highest BCUT2D eigenvalue weighted by atomic mass is 35.5. The number of H-pyrrole nitrogens is 2. The standard InChI is InChI=1S/C19H23N7O2S.C10H14N2O.C9H10ClN5OS.C4H10O/c1-27-29-18-15-16(20-12-2-3-12)22-19(23-17(15)24-25-18)21-13-4-6-14(7-5-13)26-8-10-28-11-9-26;11-9-1-3-10(4-2-9)12-5-7-13-8-6-12;1-16-17-8-5-6(11-4-2-3-4)12-9(10)13-7(5)14-15-8;1-2-3-4-5/h4-7,12H,2-3,8-11H2,1H3,(H3,20,21,22,23,24,25);1-4H,5-8,11H2;4H,2-3H2,1H3,(H2,11,12,13,14,15);5H,2-4H2,1H3. The number of aromatic amines is 2. The van der Waals surface area contributed by atoms with Gasteiger partial charge >= 0.3 is 0 Å². The molecular weight excluding hydrogens is 880 g/mol. The van der Waals surface area contributed by atoms with Gasteiger partial charge in [0.1, 0.15) is 11.6 Å². The number of aliphatic hydroxyl groups excluding tert-OH is 1. The molecule has 64 heavy (non-hydrogen) atoms. The Hall–Kier alpha value is -4.87. The van der Waals surface area contributed by atoms with E-state index in [1.807, 2.05) is 24.3 Å². The molecule has 0 spiro atoms. The topological polar surface area (TPSA) is 235 Å². The van der Waals surface area contributed by atoms with Crippen LogP contribution in [0.15, 0.2) is 58.6 Å². The number of aliphatic hydroxyl groups is 1. The van der Waals surface area contributed by atoms with E-state index in [1.54, 1.807) is 14.2 Å². The highest BCUT2D eigenvalue weighted by Gasteiger charge is 2.26. The lowest BCUT2D eigenvalue weighted by molar-refractivity contribution is 0.122. The molecule has 2 saturated carbocycles. The van der Waals surface area contributed by atoms with Crippen LogP contribution < -0.4 is 31.5 Å². The third-order valence-electron chi connectivity index (χ3n) is 10.2. The highest BCUT2D eigenvalue weighted by Crippen LogP contribution is 2.35. The first kappa shape index (κ1) is 47.1. The molecule has 22 heteroatoms. The van der Waals surface area contributed by atoms with Crippen molar-refractivity contribution in [3.8, 4) is 0 Å². The molecule has 0 atom stereocenters. The van der Waals surface area contributed by atoms with E-state index >= 15 is 0 Å². The van der Waals surface area contributed by atoms with Crippen molar-refractivity contribution in [2.24, 2.45) is 0 Å². The number of benzene rings is 2.